The summed E-state index contributed by atoms with van der Waals surface area (Å²) in [6.07, 6.45) is 5.19. The molecule has 4 rings (SSSR count). The highest BCUT2D eigenvalue weighted by Crippen LogP contribution is 2.19. The summed E-state index contributed by atoms with van der Waals surface area (Å²) >= 11 is 0. The molecular formula is C17H18N8O2. The fourth-order valence-electron chi connectivity index (χ4n) is 2.98. The molecule has 0 amide bonds. The molecule has 0 saturated carbocycles. The number of anilines is 1. The Bertz CT molecular complexity index is 904. The Morgan fingerprint density at radius 3 is 2.37 bits per heavy atom. The van der Waals surface area contributed by atoms with Crippen LogP contribution >= 0.6 is 0 Å². The molecule has 3 heterocycles. The number of non-ortho nitro benzene ring substituents is 1. The summed E-state index contributed by atoms with van der Waals surface area (Å²) in [6.45, 7) is 4.11. The van der Waals surface area contributed by atoms with Gasteiger partial charge in [-0.15, -0.1) is 5.10 Å². The Labute approximate surface area is 155 Å². The van der Waals surface area contributed by atoms with Gasteiger partial charge in [-0.3, -0.25) is 15.0 Å². The minimum absolute atomic E-state index is 0.0541. The molecule has 1 aliphatic rings. The van der Waals surface area contributed by atoms with Crippen molar-refractivity contribution in [1.29, 1.82) is 0 Å². The second kappa shape index (κ2) is 7.46. The van der Waals surface area contributed by atoms with E-state index in [-0.39, 0.29) is 5.69 Å². The molecule has 0 aliphatic carbocycles. The molecule has 10 heteroatoms. The third-order valence-electron chi connectivity index (χ3n) is 4.42. The number of nitro benzene ring substituents is 1. The first-order chi connectivity index (χ1) is 13.2. The number of rotatable bonds is 5. The molecule has 0 spiro atoms. The highest BCUT2D eigenvalue weighted by molar-refractivity contribution is 5.56. The van der Waals surface area contributed by atoms with Gasteiger partial charge >= 0.3 is 0 Å². The van der Waals surface area contributed by atoms with Crippen molar-refractivity contribution in [1.82, 2.24) is 29.6 Å². The SMILES string of the molecule is O=[N+]([O-])c1ccc(-c2ncn(CN3CCN(c4ncccn4)CC3)n2)cc1. The lowest BCUT2D eigenvalue weighted by Crippen LogP contribution is -2.47. The monoisotopic (exact) mass is 366 g/mol. The fourth-order valence-corrected chi connectivity index (χ4v) is 2.98. The van der Waals surface area contributed by atoms with E-state index in [1.54, 1.807) is 35.5 Å². The zero-order valence-corrected chi connectivity index (χ0v) is 14.5. The van der Waals surface area contributed by atoms with E-state index in [0.29, 0.717) is 12.5 Å². The average Bonchev–Trinajstić information content (AvgIpc) is 3.18. The van der Waals surface area contributed by atoms with Crippen LogP contribution in [0, 0.1) is 10.1 Å². The topological polar surface area (TPSA) is 106 Å². The summed E-state index contributed by atoms with van der Waals surface area (Å²) in [5.41, 5.74) is 0.809. The lowest BCUT2D eigenvalue weighted by molar-refractivity contribution is -0.384. The number of nitro groups is 1. The normalized spacial score (nSPS) is 15.0. The molecule has 2 aromatic heterocycles. The number of piperazine rings is 1. The van der Waals surface area contributed by atoms with Crippen LogP contribution in [0.1, 0.15) is 0 Å². The molecule has 0 atom stereocenters. The maximum Gasteiger partial charge on any atom is 0.269 e. The van der Waals surface area contributed by atoms with Crippen molar-refractivity contribution in [2.24, 2.45) is 0 Å². The lowest BCUT2D eigenvalue weighted by atomic mass is 10.2. The van der Waals surface area contributed by atoms with Crippen molar-refractivity contribution < 1.29 is 4.92 Å². The van der Waals surface area contributed by atoms with Crippen LogP contribution in [0.25, 0.3) is 11.4 Å². The molecule has 1 fully saturated rings. The Balaban J connectivity index is 1.35. The van der Waals surface area contributed by atoms with Gasteiger partial charge in [0, 0.05) is 56.3 Å². The first kappa shape index (κ1) is 17.0. The van der Waals surface area contributed by atoms with Crippen LogP contribution in [0.5, 0.6) is 0 Å². The summed E-state index contributed by atoms with van der Waals surface area (Å²) in [5, 5.41) is 15.2. The Morgan fingerprint density at radius 1 is 1.00 bits per heavy atom. The van der Waals surface area contributed by atoms with Gasteiger partial charge in [0.1, 0.15) is 6.33 Å². The number of nitrogens with zero attached hydrogens (tertiary/aromatic N) is 8. The number of benzene rings is 1. The molecule has 1 aliphatic heterocycles. The van der Waals surface area contributed by atoms with E-state index >= 15 is 0 Å². The summed E-state index contributed by atoms with van der Waals surface area (Å²) < 4.78 is 1.78. The molecule has 0 bridgehead atoms. The first-order valence-corrected chi connectivity index (χ1v) is 8.57. The quantitative estimate of drug-likeness (QED) is 0.493. The molecule has 138 valence electrons. The van der Waals surface area contributed by atoms with Crippen molar-refractivity contribution in [2.45, 2.75) is 6.67 Å². The van der Waals surface area contributed by atoms with Crippen LogP contribution in [0.3, 0.4) is 0 Å². The van der Waals surface area contributed by atoms with Gasteiger partial charge in [-0.05, 0) is 18.2 Å². The van der Waals surface area contributed by atoms with E-state index in [0.717, 1.165) is 37.7 Å². The maximum absolute atomic E-state index is 10.7. The van der Waals surface area contributed by atoms with Crippen molar-refractivity contribution in [3.05, 3.63) is 59.2 Å². The highest BCUT2D eigenvalue weighted by Gasteiger charge is 2.19. The van der Waals surface area contributed by atoms with Gasteiger partial charge in [-0.1, -0.05) is 0 Å². The smallest absolute Gasteiger partial charge is 0.269 e. The average molecular weight is 366 g/mol. The molecule has 3 aromatic rings. The van der Waals surface area contributed by atoms with Crippen LogP contribution in [0.4, 0.5) is 11.6 Å². The highest BCUT2D eigenvalue weighted by atomic mass is 16.6. The molecule has 1 aromatic carbocycles. The molecular weight excluding hydrogens is 348 g/mol. The summed E-state index contributed by atoms with van der Waals surface area (Å²) in [5.74, 6) is 1.32. The van der Waals surface area contributed by atoms with Gasteiger partial charge < -0.3 is 4.90 Å². The van der Waals surface area contributed by atoms with E-state index in [2.05, 4.69) is 29.9 Å². The van der Waals surface area contributed by atoms with Crippen LogP contribution < -0.4 is 4.90 Å². The minimum Gasteiger partial charge on any atom is -0.338 e. The van der Waals surface area contributed by atoms with Crippen LogP contribution in [0.2, 0.25) is 0 Å². The molecule has 27 heavy (non-hydrogen) atoms. The fraction of sp³-hybridized carbons (Fsp3) is 0.294. The minimum atomic E-state index is -0.421. The molecule has 0 N–H and O–H groups in total. The van der Waals surface area contributed by atoms with Gasteiger partial charge in [0.2, 0.25) is 5.95 Å². The summed E-state index contributed by atoms with van der Waals surface area (Å²) in [4.78, 5) is 27.7. The van der Waals surface area contributed by atoms with Crippen molar-refractivity contribution in [3.63, 3.8) is 0 Å². The number of aromatic nitrogens is 5. The Hall–Kier alpha value is -3.40. The van der Waals surface area contributed by atoms with E-state index < -0.39 is 4.92 Å². The van der Waals surface area contributed by atoms with Crippen molar-refractivity contribution in [3.8, 4) is 11.4 Å². The number of hydrogen-bond donors (Lipinski definition) is 0. The van der Waals surface area contributed by atoms with Gasteiger partial charge in [0.25, 0.3) is 5.69 Å². The first-order valence-electron chi connectivity index (χ1n) is 8.57. The third-order valence-corrected chi connectivity index (χ3v) is 4.42. The third kappa shape index (κ3) is 3.90. The van der Waals surface area contributed by atoms with Gasteiger partial charge in [-0.25, -0.2) is 19.6 Å². The summed E-state index contributed by atoms with van der Waals surface area (Å²) in [7, 11) is 0. The molecule has 0 radical (unpaired) electrons. The second-order valence-corrected chi connectivity index (χ2v) is 6.21. The van der Waals surface area contributed by atoms with Crippen molar-refractivity contribution >= 4 is 11.6 Å². The predicted octanol–water partition coefficient (Wildman–Crippen LogP) is 1.42. The molecule has 0 unspecified atom stereocenters. The van der Waals surface area contributed by atoms with Crippen LogP contribution in [0.15, 0.2) is 49.1 Å². The predicted molar refractivity (Wildman–Crippen MR) is 97.9 cm³/mol. The van der Waals surface area contributed by atoms with Gasteiger partial charge in [0.15, 0.2) is 5.82 Å². The van der Waals surface area contributed by atoms with E-state index in [1.165, 1.54) is 12.1 Å². The summed E-state index contributed by atoms with van der Waals surface area (Å²) in [6, 6.07) is 8.06. The standard InChI is InChI=1S/C17H18N8O2/c26-25(27)15-4-2-14(3-5-15)16-20-12-24(21-16)13-22-8-10-23(11-9-22)17-18-6-1-7-19-17/h1-7,12H,8-11,13H2. The van der Waals surface area contributed by atoms with E-state index in [4.69, 9.17) is 0 Å². The maximum atomic E-state index is 10.7. The lowest BCUT2D eigenvalue weighted by Gasteiger charge is -2.34. The van der Waals surface area contributed by atoms with E-state index in [9.17, 15) is 10.1 Å². The Morgan fingerprint density at radius 2 is 1.70 bits per heavy atom. The Kier molecular flexibility index (Phi) is 4.71. The van der Waals surface area contributed by atoms with Crippen molar-refractivity contribution in [2.75, 3.05) is 31.1 Å². The molecule has 1 saturated heterocycles. The largest absolute Gasteiger partial charge is 0.338 e. The number of hydrogen-bond acceptors (Lipinski definition) is 8. The van der Waals surface area contributed by atoms with Gasteiger partial charge in [-0.2, -0.15) is 0 Å². The van der Waals surface area contributed by atoms with Gasteiger partial charge in [0.05, 0.1) is 11.6 Å². The van der Waals surface area contributed by atoms with E-state index in [1.807, 2.05) is 6.07 Å². The zero-order chi connectivity index (χ0) is 18.6. The van der Waals surface area contributed by atoms with Crippen LogP contribution in [-0.4, -0.2) is 60.7 Å². The van der Waals surface area contributed by atoms with Crippen LogP contribution in [-0.2, 0) is 6.67 Å². The molecule has 10 nitrogen and oxygen atoms in total. The second-order valence-electron chi connectivity index (χ2n) is 6.21. The zero-order valence-electron chi connectivity index (χ0n) is 14.5.